The quantitative estimate of drug-likeness (QED) is 0.460. The molecule has 0 aromatic carbocycles. The van der Waals surface area contributed by atoms with Crippen LogP contribution < -0.4 is 0 Å². The van der Waals surface area contributed by atoms with Crippen LogP contribution in [0.25, 0.3) is 0 Å². The molecule has 5 heteroatoms. The Morgan fingerprint density at radius 3 is 2.69 bits per heavy atom. The van der Waals surface area contributed by atoms with Gasteiger partial charge in [0.05, 0.1) is 6.10 Å². The summed E-state index contributed by atoms with van der Waals surface area (Å²) in [7, 11) is 1.61. The second-order valence-corrected chi connectivity index (χ2v) is 2.57. The van der Waals surface area contributed by atoms with E-state index in [0.29, 0.717) is 13.0 Å². The molecule has 0 aromatic heterocycles. The predicted molar refractivity (Wildman–Crippen MR) is 46.2 cm³/mol. The molecule has 0 heterocycles. The molecular formula is C8H15F2NO2. The third kappa shape index (κ3) is 6.60. The van der Waals surface area contributed by atoms with Gasteiger partial charge in [0, 0.05) is 13.7 Å². The first kappa shape index (κ1) is 12.4. The standard InChI is InChI=1S/C8H15F2NO2/c1-3-7(12-2)4-5-13-6-8(9)11-10/h7H,3-6H2,1-2H3/b11-8-. The zero-order valence-electron chi connectivity index (χ0n) is 7.93. The minimum Gasteiger partial charge on any atom is -0.381 e. The van der Waals surface area contributed by atoms with Crippen LogP contribution in [0, 0.1) is 0 Å². The number of hydrogen-bond acceptors (Lipinski definition) is 3. The average Bonchev–Trinajstić information content (AvgIpc) is 2.18. The van der Waals surface area contributed by atoms with E-state index >= 15 is 0 Å². The van der Waals surface area contributed by atoms with Gasteiger partial charge in [-0.25, -0.2) is 0 Å². The number of rotatable bonds is 7. The Morgan fingerprint density at radius 2 is 2.23 bits per heavy atom. The van der Waals surface area contributed by atoms with Gasteiger partial charge in [0.1, 0.15) is 6.61 Å². The molecule has 78 valence electrons. The molecule has 0 bridgehead atoms. The summed E-state index contributed by atoms with van der Waals surface area (Å²) in [6.07, 6.45) is 1.66. The maximum absolute atomic E-state index is 12.0. The lowest BCUT2D eigenvalue weighted by molar-refractivity contribution is 0.0578. The molecule has 0 saturated carbocycles. The Morgan fingerprint density at radius 1 is 1.54 bits per heavy atom. The third-order valence-corrected chi connectivity index (χ3v) is 1.69. The SMILES string of the molecule is CCC(CCOC/C(F)=N/F)OC. The maximum atomic E-state index is 12.0. The van der Waals surface area contributed by atoms with Crippen LogP contribution in [0.15, 0.2) is 5.21 Å². The van der Waals surface area contributed by atoms with E-state index in [1.165, 1.54) is 0 Å². The lowest BCUT2D eigenvalue weighted by Crippen LogP contribution is -2.13. The molecule has 0 radical (unpaired) electrons. The molecule has 13 heavy (non-hydrogen) atoms. The minimum atomic E-state index is -1.13. The fourth-order valence-electron chi connectivity index (χ4n) is 0.884. The van der Waals surface area contributed by atoms with Crippen LogP contribution in [-0.2, 0) is 9.47 Å². The summed E-state index contributed by atoms with van der Waals surface area (Å²) < 4.78 is 33.1. The molecule has 1 unspecified atom stereocenters. The summed E-state index contributed by atoms with van der Waals surface area (Å²) in [6, 6.07) is 0. The van der Waals surface area contributed by atoms with Crippen molar-refractivity contribution in [2.24, 2.45) is 5.21 Å². The smallest absolute Gasteiger partial charge is 0.245 e. The Balaban J connectivity index is 3.34. The molecule has 0 rings (SSSR count). The highest BCUT2D eigenvalue weighted by Crippen LogP contribution is 2.01. The first-order chi connectivity index (χ1) is 6.24. The zero-order chi connectivity index (χ0) is 10.1. The molecular weight excluding hydrogens is 180 g/mol. The van der Waals surface area contributed by atoms with E-state index in [2.05, 4.69) is 0 Å². The van der Waals surface area contributed by atoms with Gasteiger partial charge in [-0.3, -0.25) is 0 Å². The molecule has 0 aliphatic rings. The van der Waals surface area contributed by atoms with Crippen molar-refractivity contribution < 1.29 is 18.3 Å². The number of methoxy groups -OCH3 is 1. The summed E-state index contributed by atoms with van der Waals surface area (Å²) in [5.74, 6) is -1.13. The Kier molecular flexibility index (Phi) is 7.73. The normalized spacial score (nSPS) is 14.6. The Hall–Kier alpha value is -0.550. The van der Waals surface area contributed by atoms with E-state index in [0.717, 1.165) is 6.42 Å². The Labute approximate surface area is 76.7 Å². The summed E-state index contributed by atoms with van der Waals surface area (Å²) in [4.78, 5) is 0. The molecule has 0 aliphatic carbocycles. The number of nitrogens with zero attached hydrogens (tertiary/aromatic N) is 1. The second kappa shape index (κ2) is 8.07. The highest BCUT2D eigenvalue weighted by molar-refractivity contribution is 5.75. The molecule has 0 amide bonds. The van der Waals surface area contributed by atoms with E-state index in [1.54, 1.807) is 7.11 Å². The van der Waals surface area contributed by atoms with Gasteiger partial charge in [-0.2, -0.15) is 4.39 Å². The summed E-state index contributed by atoms with van der Waals surface area (Å²) in [6.45, 7) is 1.92. The van der Waals surface area contributed by atoms with Crippen molar-refractivity contribution in [3.8, 4) is 0 Å². The van der Waals surface area contributed by atoms with Crippen LogP contribution in [0.2, 0.25) is 0 Å². The molecule has 3 nitrogen and oxygen atoms in total. The maximum Gasteiger partial charge on any atom is 0.245 e. The monoisotopic (exact) mass is 195 g/mol. The van der Waals surface area contributed by atoms with Crippen molar-refractivity contribution in [2.75, 3.05) is 20.3 Å². The number of halogens is 2. The van der Waals surface area contributed by atoms with Crippen molar-refractivity contribution in [1.29, 1.82) is 0 Å². The lowest BCUT2D eigenvalue weighted by Gasteiger charge is -2.11. The van der Waals surface area contributed by atoms with Gasteiger partial charge in [-0.05, 0) is 12.8 Å². The highest BCUT2D eigenvalue weighted by atomic mass is 19.2. The van der Waals surface area contributed by atoms with Crippen molar-refractivity contribution >= 4 is 5.97 Å². The van der Waals surface area contributed by atoms with Crippen LogP contribution in [0.5, 0.6) is 0 Å². The largest absolute Gasteiger partial charge is 0.381 e. The second-order valence-electron chi connectivity index (χ2n) is 2.57. The summed E-state index contributed by atoms with van der Waals surface area (Å²) in [5.41, 5.74) is 0. The van der Waals surface area contributed by atoms with Gasteiger partial charge in [-0.1, -0.05) is 16.6 Å². The first-order valence-electron chi connectivity index (χ1n) is 4.18. The zero-order valence-corrected chi connectivity index (χ0v) is 7.93. The van der Waals surface area contributed by atoms with Crippen LogP contribution in [0.1, 0.15) is 19.8 Å². The molecule has 0 fully saturated rings. The lowest BCUT2D eigenvalue weighted by atomic mass is 10.2. The molecule has 0 aromatic rings. The fourth-order valence-corrected chi connectivity index (χ4v) is 0.884. The van der Waals surface area contributed by atoms with Gasteiger partial charge in [0.25, 0.3) is 0 Å². The molecule has 0 aliphatic heterocycles. The number of hydrogen-bond donors (Lipinski definition) is 0. The summed E-state index contributed by atoms with van der Waals surface area (Å²) >= 11 is 0. The molecule has 0 N–H and O–H groups in total. The van der Waals surface area contributed by atoms with E-state index < -0.39 is 12.6 Å². The topological polar surface area (TPSA) is 30.8 Å². The number of ether oxygens (including phenoxy) is 2. The van der Waals surface area contributed by atoms with E-state index in [1.807, 2.05) is 12.1 Å². The first-order valence-corrected chi connectivity index (χ1v) is 4.18. The van der Waals surface area contributed by atoms with E-state index in [9.17, 15) is 8.87 Å². The Bertz CT molecular complexity index is 149. The van der Waals surface area contributed by atoms with Crippen molar-refractivity contribution in [2.45, 2.75) is 25.9 Å². The van der Waals surface area contributed by atoms with Gasteiger partial charge in [-0.15, -0.1) is 0 Å². The molecule has 0 spiro atoms. The van der Waals surface area contributed by atoms with Gasteiger partial charge in [0.15, 0.2) is 0 Å². The van der Waals surface area contributed by atoms with Crippen molar-refractivity contribution in [3.63, 3.8) is 0 Å². The van der Waals surface area contributed by atoms with Gasteiger partial charge in [0.2, 0.25) is 5.97 Å². The minimum absolute atomic E-state index is 0.116. The fraction of sp³-hybridized carbons (Fsp3) is 0.875. The van der Waals surface area contributed by atoms with Crippen LogP contribution in [-0.4, -0.2) is 32.4 Å². The summed E-state index contributed by atoms with van der Waals surface area (Å²) in [5, 5.41) is 1.84. The third-order valence-electron chi connectivity index (χ3n) is 1.69. The van der Waals surface area contributed by atoms with Crippen molar-refractivity contribution in [3.05, 3.63) is 0 Å². The van der Waals surface area contributed by atoms with Crippen LogP contribution in [0.3, 0.4) is 0 Å². The highest BCUT2D eigenvalue weighted by Gasteiger charge is 2.04. The van der Waals surface area contributed by atoms with Gasteiger partial charge < -0.3 is 9.47 Å². The van der Waals surface area contributed by atoms with Crippen LogP contribution in [0.4, 0.5) is 8.87 Å². The van der Waals surface area contributed by atoms with Gasteiger partial charge >= 0.3 is 0 Å². The molecule has 0 saturated heterocycles. The van der Waals surface area contributed by atoms with Crippen molar-refractivity contribution in [1.82, 2.24) is 0 Å². The predicted octanol–water partition coefficient (Wildman–Crippen LogP) is 2.07. The van der Waals surface area contributed by atoms with Crippen LogP contribution >= 0.6 is 0 Å². The molecule has 1 atom stereocenters. The van der Waals surface area contributed by atoms with E-state index in [-0.39, 0.29) is 6.10 Å². The van der Waals surface area contributed by atoms with E-state index in [4.69, 9.17) is 9.47 Å². The average molecular weight is 195 g/mol.